The molecule has 1 saturated heterocycles. The smallest absolute Gasteiger partial charge is 0.381 e. The zero-order valence-electron chi connectivity index (χ0n) is 11.0. The lowest BCUT2D eigenvalue weighted by molar-refractivity contribution is -0.141. The van der Waals surface area contributed by atoms with Crippen LogP contribution in [0.3, 0.4) is 0 Å². The van der Waals surface area contributed by atoms with Crippen LogP contribution in [0, 0.1) is 5.92 Å². The van der Waals surface area contributed by atoms with Crippen molar-refractivity contribution in [3.8, 4) is 0 Å². The molecule has 2 heterocycles. The van der Waals surface area contributed by atoms with E-state index in [9.17, 15) is 13.2 Å². The minimum Gasteiger partial charge on any atom is -0.381 e. The average Bonchev–Trinajstić information content (AvgIpc) is 2.38. The third-order valence-electron chi connectivity index (χ3n) is 3.15. The molecule has 0 N–H and O–H groups in total. The summed E-state index contributed by atoms with van der Waals surface area (Å²) in [6, 6.07) is 0.912. The van der Waals surface area contributed by atoms with Gasteiger partial charge in [-0.25, -0.2) is 9.97 Å². The van der Waals surface area contributed by atoms with Gasteiger partial charge in [0.1, 0.15) is 5.82 Å². The molecule has 2 rings (SSSR count). The predicted octanol–water partition coefficient (Wildman–Crippen LogP) is 3.01. The van der Waals surface area contributed by atoms with Gasteiger partial charge in [-0.1, -0.05) is 0 Å². The SMILES string of the molecule is CN(CC1CCCOC1)c1cc(C(F)(F)F)nc(Cl)n1. The second-order valence-corrected chi connectivity index (χ2v) is 5.18. The number of aromatic nitrogens is 2. The molecule has 0 aromatic carbocycles. The Kier molecular flexibility index (Phi) is 4.70. The molecule has 1 fully saturated rings. The predicted molar refractivity (Wildman–Crippen MR) is 68.9 cm³/mol. The maximum absolute atomic E-state index is 12.7. The Bertz CT molecular complexity index is 464. The van der Waals surface area contributed by atoms with Gasteiger partial charge < -0.3 is 9.64 Å². The van der Waals surface area contributed by atoms with Crippen molar-refractivity contribution in [1.29, 1.82) is 0 Å². The van der Waals surface area contributed by atoms with Crippen LogP contribution in [0.25, 0.3) is 0 Å². The van der Waals surface area contributed by atoms with Gasteiger partial charge >= 0.3 is 6.18 Å². The maximum atomic E-state index is 12.7. The van der Waals surface area contributed by atoms with Crippen LogP contribution < -0.4 is 4.90 Å². The molecule has 0 saturated carbocycles. The Balaban J connectivity index is 2.12. The summed E-state index contributed by atoms with van der Waals surface area (Å²) in [6.45, 7) is 1.94. The molecule has 1 aliphatic rings. The molecule has 0 aliphatic carbocycles. The summed E-state index contributed by atoms with van der Waals surface area (Å²) in [6.07, 6.45) is -2.57. The van der Waals surface area contributed by atoms with Crippen molar-refractivity contribution in [3.63, 3.8) is 0 Å². The Morgan fingerprint density at radius 2 is 2.20 bits per heavy atom. The van der Waals surface area contributed by atoms with Crippen LogP contribution >= 0.6 is 11.6 Å². The zero-order valence-corrected chi connectivity index (χ0v) is 11.7. The van der Waals surface area contributed by atoms with Gasteiger partial charge in [0, 0.05) is 26.3 Å². The lowest BCUT2D eigenvalue weighted by Gasteiger charge is -2.28. The summed E-state index contributed by atoms with van der Waals surface area (Å²) in [4.78, 5) is 8.72. The van der Waals surface area contributed by atoms with Gasteiger partial charge in [-0.05, 0) is 30.4 Å². The van der Waals surface area contributed by atoms with Crippen LogP contribution in [0.1, 0.15) is 18.5 Å². The van der Waals surface area contributed by atoms with Crippen LogP contribution in [-0.2, 0) is 10.9 Å². The summed E-state index contributed by atoms with van der Waals surface area (Å²) in [5.41, 5.74) is -1.03. The Morgan fingerprint density at radius 3 is 2.80 bits per heavy atom. The molecule has 0 spiro atoms. The standard InChI is InChI=1S/C12H15ClF3N3O/c1-19(6-8-3-2-4-20-7-8)10-5-9(12(14,15)16)17-11(13)18-10/h5,8H,2-4,6-7H2,1H3. The van der Waals surface area contributed by atoms with E-state index in [-0.39, 0.29) is 11.7 Å². The van der Waals surface area contributed by atoms with E-state index >= 15 is 0 Å². The van der Waals surface area contributed by atoms with Crippen LogP contribution in [0.15, 0.2) is 6.07 Å². The second-order valence-electron chi connectivity index (χ2n) is 4.84. The molecule has 1 aromatic heterocycles. The fraction of sp³-hybridized carbons (Fsp3) is 0.667. The fourth-order valence-corrected chi connectivity index (χ4v) is 2.36. The van der Waals surface area contributed by atoms with Crippen molar-refractivity contribution >= 4 is 17.4 Å². The summed E-state index contributed by atoms with van der Waals surface area (Å²) >= 11 is 5.57. The summed E-state index contributed by atoms with van der Waals surface area (Å²) in [5.74, 6) is 0.458. The van der Waals surface area contributed by atoms with Gasteiger partial charge in [0.25, 0.3) is 0 Å². The quantitative estimate of drug-likeness (QED) is 0.805. The van der Waals surface area contributed by atoms with E-state index in [0.717, 1.165) is 25.5 Å². The first-order valence-electron chi connectivity index (χ1n) is 6.27. The lowest BCUT2D eigenvalue weighted by Crippen LogP contribution is -2.31. The molecule has 1 unspecified atom stereocenters. The topological polar surface area (TPSA) is 38.2 Å². The van der Waals surface area contributed by atoms with E-state index < -0.39 is 17.2 Å². The number of anilines is 1. The average molecular weight is 310 g/mol. The molecule has 1 aromatic rings. The van der Waals surface area contributed by atoms with Crippen LogP contribution in [-0.4, -0.2) is 36.8 Å². The summed E-state index contributed by atoms with van der Waals surface area (Å²) in [5, 5.41) is -0.401. The molecule has 0 amide bonds. The number of alkyl halides is 3. The first-order valence-corrected chi connectivity index (χ1v) is 6.64. The highest BCUT2D eigenvalue weighted by Gasteiger charge is 2.34. The number of ether oxygens (including phenoxy) is 1. The Labute approximate surface area is 119 Å². The Morgan fingerprint density at radius 1 is 1.45 bits per heavy atom. The largest absolute Gasteiger partial charge is 0.433 e. The van der Waals surface area contributed by atoms with Crippen molar-refractivity contribution in [2.45, 2.75) is 19.0 Å². The highest BCUT2D eigenvalue weighted by atomic mass is 35.5. The van der Waals surface area contributed by atoms with E-state index in [1.54, 1.807) is 11.9 Å². The third kappa shape index (κ3) is 3.96. The van der Waals surface area contributed by atoms with E-state index in [4.69, 9.17) is 16.3 Å². The van der Waals surface area contributed by atoms with Gasteiger partial charge in [-0.3, -0.25) is 0 Å². The summed E-state index contributed by atoms with van der Waals surface area (Å²) < 4.78 is 43.4. The summed E-state index contributed by atoms with van der Waals surface area (Å²) in [7, 11) is 1.69. The minimum atomic E-state index is -4.53. The van der Waals surface area contributed by atoms with Crippen molar-refractivity contribution in [2.75, 3.05) is 31.7 Å². The second kappa shape index (κ2) is 6.13. The van der Waals surface area contributed by atoms with Gasteiger partial charge in [0.2, 0.25) is 5.28 Å². The van der Waals surface area contributed by atoms with Crippen molar-refractivity contribution < 1.29 is 17.9 Å². The highest BCUT2D eigenvalue weighted by Crippen LogP contribution is 2.30. The first kappa shape index (κ1) is 15.3. The maximum Gasteiger partial charge on any atom is 0.433 e. The molecule has 0 bridgehead atoms. The monoisotopic (exact) mass is 309 g/mol. The van der Waals surface area contributed by atoms with E-state index in [2.05, 4.69) is 9.97 Å². The number of hydrogen-bond donors (Lipinski definition) is 0. The third-order valence-corrected chi connectivity index (χ3v) is 3.32. The van der Waals surface area contributed by atoms with Crippen LogP contribution in [0.2, 0.25) is 5.28 Å². The minimum absolute atomic E-state index is 0.169. The van der Waals surface area contributed by atoms with Crippen LogP contribution in [0.5, 0.6) is 0 Å². The molecule has 20 heavy (non-hydrogen) atoms. The Hall–Kier alpha value is -1.08. The number of halogens is 4. The molecule has 8 heteroatoms. The van der Waals surface area contributed by atoms with Gasteiger partial charge in [-0.15, -0.1) is 0 Å². The van der Waals surface area contributed by atoms with E-state index in [1.807, 2.05) is 0 Å². The normalized spacial score (nSPS) is 19.9. The fourth-order valence-electron chi connectivity index (χ4n) is 2.18. The molecule has 112 valence electrons. The first-order chi connectivity index (χ1) is 9.36. The van der Waals surface area contributed by atoms with E-state index in [1.165, 1.54) is 0 Å². The number of rotatable bonds is 3. The lowest BCUT2D eigenvalue weighted by atomic mass is 10.0. The van der Waals surface area contributed by atoms with Gasteiger partial charge in [-0.2, -0.15) is 13.2 Å². The van der Waals surface area contributed by atoms with Crippen LogP contribution in [0.4, 0.5) is 19.0 Å². The van der Waals surface area contributed by atoms with Crippen molar-refractivity contribution in [3.05, 3.63) is 17.0 Å². The molecular formula is C12H15ClF3N3O. The highest BCUT2D eigenvalue weighted by molar-refractivity contribution is 6.28. The number of hydrogen-bond acceptors (Lipinski definition) is 4. The van der Waals surface area contributed by atoms with Crippen molar-refractivity contribution in [2.24, 2.45) is 5.92 Å². The number of nitrogens with zero attached hydrogens (tertiary/aromatic N) is 3. The molecule has 1 atom stereocenters. The molecule has 0 radical (unpaired) electrons. The van der Waals surface area contributed by atoms with Crippen molar-refractivity contribution in [1.82, 2.24) is 9.97 Å². The van der Waals surface area contributed by atoms with Gasteiger partial charge in [0.05, 0.1) is 6.61 Å². The molecule has 4 nitrogen and oxygen atoms in total. The molecule has 1 aliphatic heterocycles. The molecular weight excluding hydrogens is 295 g/mol. The van der Waals surface area contributed by atoms with Gasteiger partial charge in [0.15, 0.2) is 5.69 Å². The van der Waals surface area contributed by atoms with E-state index in [0.29, 0.717) is 13.2 Å². The zero-order chi connectivity index (χ0) is 14.8.